The zero-order valence-electron chi connectivity index (χ0n) is 15.0. The Morgan fingerprint density at radius 2 is 1.61 bits per heavy atom. The molecule has 0 aromatic heterocycles. The van der Waals surface area contributed by atoms with Crippen molar-refractivity contribution in [3.8, 4) is 16.9 Å². The molecule has 3 aromatic rings. The van der Waals surface area contributed by atoms with Crippen molar-refractivity contribution in [3.05, 3.63) is 72.3 Å². The van der Waals surface area contributed by atoms with Crippen LogP contribution in [0.15, 0.2) is 71.6 Å². The number of hydrogen-bond donors (Lipinski definition) is 4. The Morgan fingerprint density at radius 3 is 2.29 bits per heavy atom. The van der Waals surface area contributed by atoms with E-state index in [1.807, 2.05) is 48.5 Å². The van der Waals surface area contributed by atoms with E-state index in [1.165, 1.54) is 31.0 Å². The molecular weight excluding hydrogens is 376 g/mol. The topological polar surface area (TPSA) is 98.7 Å². The zero-order chi connectivity index (χ0) is 20.1. The number of benzene rings is 3. The minimum atomic E-state index is -1.18. The summed E-state index contributed by atoms with van der Waals surface area (Å²) < 4.78 is 3.09. The minimum absolute atomic E-state index is 0.122. The van der Waals surface area contributed by atoms with Crippen molar-refractivity contribution in [2.75, 3.05) is 10.0 Å². The van der Waals surface area contributed by atoms with E-state index in [-0.39, 0.29) is 17.2 Å². The number of carboxylic acid groups (broad SMARTS) is 1. The van der Waals surface area contributed by atoms with E-state index in [0.717, 1.165) is 21.7 Å². The van der Waals surface area contributed by atoms with Crippen LogP contribution < -0.4 is 10.0 Å². The average molecular weight is 394 g/mol. The molecule has 1 amide bonds. The maximum Gasteiger partial charge on any atom is 0.339 e. The molecule has 0 aliphatic heterocycles. The Morgan fingerprint density at radius 1 is 0.893 bits per heavy atom. The summed E-state index contributed by atoms with van der Waals surface area (Å²) in [6.07, 6.45) is 0. The van der Waals surface area contributed by atoms with Crippen molar-refractivity contribution in [2.24, 2.45) is 0 Å². The van der Waals surface area contributed by atoms with Gasteiger partial charge in [-0.05, 0) is 59.5 Å². The van der Waals surface area contributed by atoms with Gasteiger partial charge < -0.3 is 20.3 Å². The Bertz CT molecular complexity index is 1040. The van der Waals surface area contributed by atoms with Gasteiger partial charge in [-0.3, -0.25) is 4.79 Å². The van der Waals surface area contributed by atoms with Gasteiger partial charge in [-0.15, -0.1) is 0 Å². The van der Waals surface area contributed by atoms with Gasteiger partial charge in [0.2, 0.25) is 5.91 Å². The fourth-order valence-electron chi connectivity index (χ4n) is 2.61. The van der Waals surface area contributed by atoms with Crippen molar-refractivity contribution >= 4 is 35.2 Å². The highest BCUT2D eigenvalue weighted by atomic mass is 32.2. The number of anilines is 2. The molecule has 3 aromatic carbocycles. The molecule has 0 atom stereocenters. The second kappa shape index (κ2) is 8.49. The van der Waals surface area contributed by atoms with Crippen molar-refractivity contribution in [1.29, 1.82) is 0 Å². The first kappa shape index (κ1) is 19.3. The van der Waals surface area contributed by atoms with Crippen LogP contribution in [0.4, 0.5) is 11.4 Å². The second-order valence-electron chi connectivity index (χ2n) is 6.03. The molecule has 0 saturated heterocycles. The van der Waals surface area contributed by atoms with Crippen LogP contribution in [0.3, 0.4) is 0 Å². The Hall–Kier alpha value is -3.45. The van der Waals surface area contributed by atoms with Crippen LogP contribution in [0.1, 0.15) is 17.3 Å². The smallest absolute Gasteiger partial charge is 0.339 e. The largest absolute Gasteiger partial charge is 0.507 e. The first-order valence-electron chi connectivity index (χ1n) is 8.39. The number of carboxylic acids is 1. The molecule has 0 unspecified atom stereocenters. The highest BCUT2D eigenvalue weighted by Gasteiger charge is 2.10. The SMILES string of the molecule is CC(=O)Nc1cccc(-c2cccc(SNc3ccc(C(=O)O)c(O)c3)c2)c1. The molecule has 0 saturated carbocycles. The number of carbonyl (C=O) groups is 2. The van der Waals surface area contributed by atoms with Crippen LogP contribution in [0.25, 0.3) is 11.1 Å². The number of aromatic carboxylic acids is 1. The van der Waals surface area contributed by atoms with Gasteiger partial charge in [0.15, 0.2) is 0 Å². The van der Waals surface area contributed by atoms with E-state index in [2.05, 4.69) is 10.0 Å². The summed E-state index contributed by atoms with van der Waals surface area (Å²) in [5.74, 6) is -1.59. The molecule has 0 aliphatic carbocycles. The van der Waals surface area contributed by atoms with Crippen molar-refractivity contribution in [1.82, 2.24) is 0 Å². The summed E-state index contributed by atoms with van der Waals surface area (Å²) in [6.45, 7) is 1.47. The van der Waals surface area contributed by atoms with Crippen LogP contribution in [-0.2, 0) is 4.79 Å². The lowest BCUT2D eigenvalue weighted by Gasteiger charge is -2.10. The Labute approximate surface area is 166 Å². The minimum Gasteiger partial charge on any atom is -0.507 e. The van der Waals surface area contributed by atoms with Crippen molar-refractivity contribution < 1.29 is 19.8 Å². The first-order valence-corrected chi connectivity index (χ1v) is 9.21. The quantitative estimate of drug-likeness (QED) is 0.447. The monoisotopic (exact) mass is 394 g/mol. The Balaban J connectivity index is 1.74. The molecule has 0 spiro atoms. The number of phenols is 1. The molecule has 7 heteroatoms. The molecular formula is C21H18N2O4S. The van der Waals surface area contributed by atoms with Crippen LogP contribution in [0.5, 0.6) is 5.75 Å². The van der Waals surface area contributed by atoms with Crippen LogP contribution in [-0.4, -0.2) is 22.1 Å². The van der Waals surface area contributed by atoms with E-state index in [1.54, 1.807) is 6.07 Å². The third-order valence-electron chi connectivity index (χ3n) is 3.87. The third-order valence-corrected chi connectivity index (χ3v) is 4.69. The summed E-state index contributed by atoms with van der Waals surface area (Å²) in [5, 5.41) is 21.5. The second-order valence-corrected chi connectivity index (χ2v) is 6.91. The summed E-state index contributed by atoms with van der Waals surface area (Å²) in [5.41, 5.74) is 3.14. The Kier molecular flexibility index (Phi) is 5.86. The third kappa shape index (κ3) is 4.83. The summed E-state index contributed by atoms with van der Waals surface area (Å²) >= 11 is 1.34. The summed E-state index contributed by atoms with van der Waals surface area (Å²) in [6, 6.07) is 19.7. The predicted molar refractivity (Wildman–Crippen MR) is 111 cm³/mol. The van der Waals surface area contributed by atoms with Gasteiger partial charge in [0.1, 0.15) is 11.3 Å². The maximum absolute atomic E-state index is 11.2. The van der Waals surface area contributed by atoms with E-state index in [4.69, 9.17) is 5.11 Å². The van der Waals surface area contributed by atoms with Gasteiger partial charge in [-0.1, -0.05) is 24.3 Å². The standard InChI is InChI=1S/C21H18N2O4S/c1-13(24)22-16-6-2-4-14(10-16)15-5-3-7-18(11-15)28-23-17-8-9-19(21(26)27)20(25)12-17/h2-12,23,25H,1H3,(H,22,24)(H,26,27). The molecule has 28 heavy (non-hydrogen) atoms. The van der Waals surface area contributed by atoms with Crippen molar-refractivity contribution in [2.45, 2.75) is 11.8 Å². The fourth-order valence-corrected chi connectivity index (χ4v) is 3.31. The van der Waals surface area contributed by atoms with Gasteiger partial charge in [0, 0.05) is 29.3 Å². The van der Waals surface area contributed by atoms with Gasteiger partial charge in [-0.25, -0.2) is 4.79 Å². The normalized spacial score (nSPS) is 10.3. The van der Waals surface area contributed by atoms with Gasteiger partial charge in [0.25, 0.3) is 0 Å². The lowest BCUT2D eigenvalue weighted by Crippen LogP contribution is -2.05. The van der Waals surface area contributed by atoms with Crippen LogP contribution >= 0.6 is 11.9 Å². The molecule has 0 bridgehead atoms. The average Bonchev–Trinajstić information content (AvgIpc) is 2.66. The summed E-state index contributed by atoms with van der Waals surface area (Å²) in [7, 11) is 0. The van der Waals surface area contributed by atoms with E-state index >= 15 is 0 Å². The predicted octanol–water partition coefficient (Wildman–Crippen LogP) is 4.84. The molecule has 142 valence electrons. The van der Waals surface area contributed by atoms with Crippen molar-refractivity contribution in [3.63, 3.8) is 0 Å². The van der Waals surface area contributed by atoms with Crippen LogP contribution in [0, 0.1) is 0 Å². The highest BCUT2D eigenvalue weighted by Crippen LogP contribution is 2.30. The van der Waals surface area contributed by atoms with Gasteiger partial charge >= 0.3 is 5.97 Å². The molecule has 6 nitrogen and oxygen atoms in total. The fraction of sp³-hybridized carbons (Fsp3) is 0.0476. The number of hydrogen-bond acceptors (Lipinski definition) is 5. The number of nitrogens with one attached hydrogen (secondary N) is 2. The van der Waals surface area contributed by atoms with E-state index < -0.39 is 5.97 Å². The lowest BCUT2D eigenvalue weighted by molar-refractivity contribution is -0.114. The molecule has 0 heterocycles. The number of amides is 1. The number of rotatable bonds is 6. The molecule has 4 N–H and O–H groups in total. The maximum atomic E-state index is 11.2. The highest BCUT2D eigenvalue weighted by molar-refractivity contribution is 8.00. The molecule has 0 radical (unpaired) electrons. The van der Waals surface area contributed by atoms with E-state index in [0.29, 0.717) is 5.69 Å². The van der Waals surface area contributed by atoms with Crippen LogP contribution in [0.2, 0.25) is 0 Å². The molecule has 0 fully saturated rings. The lowest BCUT2D eigenvalue weighted by atomic mass is 10.1. The van der Waals surface area contributed by atoms with Gasteiger partial charge in [-0.2, -0.15) is 0 Å². The number of carbonyl (C=O) groups excluding carboxylic acids is 1. The zero-order valence-corrected chi connectivity index (χ0v) is 15.8. The molecule has 3 rings (SSSR count). The summed E-state index contributed by atoms with van der Waals surface area (Å²) in [4.78, 5) is 23.1. The first-order chi connectivity index (χ1) is 13.4. The molecule has 0 aliphatic rings. The van der Waals surface area contributed by atoms with Gasteiger partial charge in [0.05, 0.1) is 0 Å². The van der Waals surface area contributed by atoms with E-state index in [9.17, 15) is 14.7 Å². The number of aromatic hydroxyl groups is 1.